The maximum Gasteiger partial charge on any atom is 0.242 e. The number of likely N-dealkylation sites (N-methyl/N-ethyl adjacent to an activating group) is 1. The van der Waals surface area contributed by atoms with E-state index in [0.717, 1.165) is 11.8 Å². The van der Waals surface area contributed by atoms with Gasteiger partial charge in [-0.25, -0.2) is 8.42 Å². The highest BCUT2D eigenvalue weighted by atomic mass is 35.5. The van der Waals surface area contributed by atoms with Crippen LogP contribution in [0.4, 0.5) is 5.69 Å². The minimum atomic E-state index is -3.69. The van der Waals surface area contributed by atoms with Gasteiger partial charge in [0.1, 0.15) is 11.8 Å². The summed E-state index contributed by atoms with van der Waals surface area (Å²) in [5.41, 5.74) is 1.85. The molecular formula is C29H32Cl3N3O5S. The Morgan fingerprint density at radius 1 is 0.976 bits per heavy atom. The van der Waals surface area contributed by atoms with Gasteiger partial charge in [0, 0.05) is 43.0 Å². The Labute approximate surface area is 256 Å². The molecule has 0 saturated carbocycles. The fourth-order valence-corrected chi connectivity index (χ4v) is 6.05. The molecule has 8 nitrogen and oxygen atoms in total. The van der Waals surface area contributed by atoms with Crippen molar-refractivity contribution in [2.45, 2.75) is 31.8 Å². The molecule has 1 atom stereocenters. The van der Waals surface area contributed by atoms with Crippen LogP contribution in [0.25, 0.3) is 0 Å². The van der Waals surface area contributed by atoms with E-state index in [2.05, 4.69) is 5.32 Å². The summed E-state index contributed by atoms with van der Waals surface area (Å²) in [7, 11) is -0.708. The van der Waals surface area contributed by atoms with Crippen molar-refractivity contribution < 1.29 is 22.7 Å². The van der Waals surface area contributed by atoms with Crippen molar-refractivity contribution in [2.24, 2.45) is 0 Å². The number of hydrogen-bond donors (Lipinski definition) is 1. The molecule has 1 N–H and O–H groups in total. The molecule has 0 fully saturated rings. The topological polar surface area (TPSA) is 96.0 Å². The molecule has 0 radical (unpaired) electrons. The number of anilines is 1. The lowest BCUT2D eigenvalue weighted by molar-refractivity contribution is -0.141. The number of carbonyl (C=O) groups is 2. The maximum atomic E-state index is 13.8. The quantitative estimate of drug-likeness (QED) is 0.263. The number of benzene rings is 3. The average molecular weight is 641 g/mol. The molecule has 0 saturated heterocycles. The highest BCUT2D eigenvalue weighted by Gasteiger charge is 2.30. The van der Waals surface area contributed by atoms with Crippen molar-refractivity contribution in [1.82, 2.24) is 10.2 Å². The van der Waals surface area contributed by atoms with Gasteiger partial charge >= 0.3 is 0 Å². The second kappa shape index (κ2) is 14.8. The number of methoxy groups -OCH3 is 1. The molecule has 2 amide bonds. The lowest BCUT2D eigenvalue weighted by Crippen LogP contribution is -2.49. The lowest BCUT2D eigenvalue weighted by Gasteiger charge is -2.32. The van der Waals surface area contributed by atoms with E-state index in [1.54, 1.807) is 30.3 Å². The van der Waals surface area contributed by atoms with Crippen LogP contribution in [0.3, 0.4) is 0 Å². The molecule has 220 valence electrons. The zero-order valence-electron chi connectivity index (χ0n) is 22.9. The summed E-state index contributed by atoms with van der Waals surface area (Å²) in [5.74, 6) is -0.256. The first-order valence-corrected chi connectivity index (χ1v) is 15.7. The Balaban J connectivity index is 1.88. The first kappa shape index (κ1) is 32.5. The number of halogens is 3. The highest BCUT2D eigenvalue weighted by molar-refractivity contribution is 7.92. The van der Waals surface area contributed by atoms with Gasteiger partial charge in [0.2, 0.25) is 21.8 Å². The van der Waals surface area contributed by atoms with Crippen molar-refractivity contribution in [2.75, 3.05) is 31.3 Å². The van der Waals surface area contributed by atoms with Crippen LogP contribution in [0, 0.1) is 0 Å². The molecule has 0 aromatic heterocycles. The van der Waals surface area contributed by atoms with Gasteiger partial charge in [-0.3, -0.25) is 13.9 Å². The molecular weight excluding hydrogens is 609 g/mol. The number of carbonyl (C=O) groups excluding carboxylic acids is 2. The number of amides is 2. The van der Waals surface area contributed by atoms with Crippen LogP contribution in [-0.2, 0) is 32.6 Å². The molecule has 0 aliphatic heterocycles. The third-order valence-corrected chi connectivity index (χ3v) is 8.53. The molecule has 1 unspecified atom stereocenters. The van der Waals surface area contributed by atoms with E-state index in [4.69, 9.17) is 39.5 Å². The second-order valence-electron chi connectivity index (χ2n) is 9.33. The minimum absolute atomic E-state index is 0.0199. The molecule has 3 rings (SSSR count). The summed E-state index contributed by atoms with van der Waals surface area (Å²) in [6.07, 6.45) is 1.52. The van der Waals surface area contributed by atoms with Gasteiger partial charge < -0.3 is 15.0 Å². The molecule has 0 aliphatic rings. The molecule has 0 bridgehead atoms. The third kappa shape index (κ3) is 9.00. The van der Waals surface area contributed by atoms with Gasteiger partial charge in [0.15, 0.2) is 0 Å². The largest absolute Gasteiger partial charge is 0.495 e. The third-order valence-electron chi connectivity index (χ3n) is 6.45. The Hall–Kier alpha value is -2.98. The van der Waals surface area contributed by atoms with E-state index in [1.807, 2.05) is 30.3 Å². The Morgan fingerprint density at radius 3 is 2.27 bits per heavy atom. The van der Waals surface area contributed by atoms with Gasteiger partial charge in [-0.2, -0.15) is 0 Å². The minimum Gasteiger partial charge on any atom is -0.495 e. The molecule has 0 spiro atoms. The lowest BCUT2D eigenvalue weighted by atomic mass is 10.0. The summed E-state index contributed by atoms with van der Waals surface area (Å²) in [4.78, 5) is 28.3. The number of nitrogens with one attached hydrogen (secondary N) is 1. The summed E-state index contributed by atoms with van der Waals surface area (Å²) in [6.45, 7) is 0.0791. The Morgan fingerprint density at radius 2 is 1.68 bits per heavy atom. The summed E-state index contributed by atoms with van der Waals surface area (Å²) in [6, 6.07) is 18.2. The normalized spacial score (nSPS) is 12.0. The standard InChI is InChI=1S/C29H32Cl3N3O5S/c1-33-29(37)26(16-20-8-5-4-6-9-20)34(19-21-11-12-22(30)17-24(21)31)28(36)10-7-15-35(41(3,38)39)23-13-14-27(40-2)25(32)18-23/h4-6,8-9,11-14,17-18,26H,7,10,15-16,19H2,1-3H3,(H,33,37). The van der Waals surface area contributed by atoms with E-state index < -0.39 is 16.1 Å². The fraction of sp³-hybridized carbons (Fsp3) is 0.310. The monoisotopic (exact) mass is 639 g/mol. The average Bonchev–Trinajstić information content (AvgIpc) is 2.93. The fourth-order valence-electron chi connectivity index (χ4n) is 4.37. The van der Waals surface area contributed by atoms with Gasteiger partial charge in [-0.15, -0.1) is 0 Å². The zero-order valence-corrected chi connectivity index (χ0v) is 26.0. The molecule has 3 aromatic carbocycles. The van der Waals surface area contributed by atoms with Crippen molar-refractivity contribution >= 4 is 62.3 Å². The predicted octanol–water partition coefficient (Wildman–Crippen LogP) is 5.59. The number of nitrogens with zero attached hydrogens (tertiary/aromatic N) is 2. The van der Waals surface area contributed by atoms with Gasteiger partial charge in [0.05, 0.1) is 24.1 Å². The number of rotatable bonds is 13. The summed E-state index contributed by atoms with van der Waals surface area (Å²) >= 11 is 18.7. The van der Waals surface area contributed by atoms with E-state index in [0.29, 0.717) is 27.0 Å². The van der Waals surface area contributed by atoms with E-state index in [9.17, 15) is 18.0 Å². The van der Waals surface area contributed by atoms with Gasteiger partial charge in [0.25, 0.3) is 0 Å². The smallest absolute Gasteiger partial charge is 0.242 e. The first-order valence-electron chi connectivity index (χ1n) is 12.7. The molecule has 3 aromatic rings. The van der Waals surface area contributed by atoms with Crippen LogP contribution in [0.5, 0.6) is 5.75 Å². The van der Waals surface area contributed by atoms with Gasteiger partial charge in [-0.05, 0) is 47.9 Å². The SMILES string of the molecule is CNC(=O)C(Cc1ccccc1)N(Cc1ccc(Cl)cc1Cl)C(=O)CCCN(c1ccc(OC)c(Cl)c1)S(C)(=O)=O. The van der Waals surface area contributed by atoms with Crippen molar-refractivity contribution in [3.8, 4) is 5.75 Å². The van der Waals surface area contributed by atoms with Crippen LogP contribution in [0.1, 0.15) is 24.0 Å². The summed E-state index contributed by atoms with van der Waals surface area (Å²) < 4.78 is 31.6. The first-order chi connectivity index (χ1) is 19.4. The van der Waals surface area contributed by atoms with Crippen LogP contribution >= 0.6 is 34.8 Å². The summed E-state index contributed by atoms with van der Waals surface area (Å²) in [5, 5.41) is 3.74. The van der Waals surface area contributed by atoms with E-state index >= 15 is 0 Å². The second-order valence-corrected chi connectivity index (χ2v) is 12.5. The number of sulfonamides is 1. The van der Waals surface area contributed by atoms with Gasteiger partial charge in [-0.1, -0.05) is 71.2 Å². The zero-order chi connectivity index (χ0) is 30.2. The Kier molecular flexibility index (Phi) is 11.7. The maximum absolute atomic E-state index is 13.8. The van der Waals surface area contributed by atoms with Crippen LogP contribution in [-0.4, -0.2) is 58.1 Å². The molecule has 0 heterocycles. The van der Waals surface area contributed by atoms with Crippen molar-refractivity contribution in [1.29, 1.82) is 0 Å². The van der Waals surface area contributed by atoms with Crippen LogP contribution in [0.15, 0.2) is 66.7 Å². The van der Waals surface area contributed by atoms with E-state index in [-0.39, 0.29) is 49.2 Å². The molecule has 12 heteroatoms. The molecule has 41 heavy (non-hydrogen) atoms. The number of ether oxygens (including phenoxy) is 1. The Bertz CT molecular complexity index is 1470. The predicted molar refractivity (Wildman–Crippen MR) is 164 cm³/mol. The van der Waals surface area contributed by atoms with E-state index in [1.165, 1.54) is 29.4 Å². The molecule has 0 aliphatic carbocycles. The highest BCUT2D eigenvalue weighted by Crippen LogP contribution is 2.30. The van der Waals surface area contributed by atoms with Crippen LogP contribution in [0.2, 0.25) is 15.1 Å². The number of hydrogen-bond acceptors (Lipinski definition) is 5. The van der Waals surface area contributed by atoms with Crippen molar-refractivity contribution in [3.63, 3.8) is 0 Å². The van der Waals surface area contributed by atoms with Crippen LogP contribution < -0.4 is 14.4 Å². The van der Waals surface area contributed by atoms with Crippen molar-refractivity contribution in [3.05, 3.63) is 92.9 Å².